The minimum atomic E-state index is -0.363. The minimum Gasteiger partial charge on any atom is -0.496 e. The van der Waals surface area contributed by atoms with Gasteiger partial charge >= 0.3 is 0 Å². The summed E-state index contributed by atoms with van der Waals surface area (Å²) in [5.74, 6) is -0.0572. The first-order valence-corrected chi connectivity index (χ1v) is 6.68. The van der Waals surface area contributed by atoms with Crippen LogP contribution in [0.25, 0.3) is 0 Å². The van der Waals surface area contributed by atoms with Crippen LogP contribution in [0.3, 0.4) is 0 Å². The van der Waals surface area contributed by atoms with Crippen LogP contribution in [0.2, 0.25) is 0 Å². The molecule has 0 aliphatic carbocycles. The first kappa shape index (κ1) is 15.6. The zero-order chi connectivity index (χ0) is 16.3. The van der Waals surface area contributed by atoms with Gasteiger partial charge in [0, 0.05) is 31.4 Å². The first-order chi connectivity index (χ1) is 10.5. The highest BCUT2D eigenvalue weighted by atomic mass is 16.5. The van der Waals surface area contributed by atoms with Crippen molar-refractivity contribution in [2.24, 2.45) is 7.05 Å². The van der Waals surface area contributed by atoms with Crippen molar-refractivity contribution in [2.75, 3.05) is 19.5 Å². The van der Waals surface area contributed by atoms with Gasteiger partial charge in [0.25, 0.3) is 11.8 Å². The number of rotatable bonds is 4. The second-order valence-electron chi connectivity index (χ2n) is 4.73. The Balaban J connectivity index is 2.32. The third-order valence-corrected chi connectivity index (χ3v) is 3.27. The van der Waals surface area contributed by atoms with Crippen LogP contribution in [-0.2, 0) is 7.05 Å². The Bertz CT molecular complexity index is 722. The van der Waals surface area contributed by atoms with Crippen LogP contribution < -0.4 is 15.4 Å². The van der Waals surface area contributed by atoms with Crippen molar-refractivity contribution < 1.29 is 14.3 Å². The lowest BCUT2D eigenvalue weighted by Gasteiger charge is -2.10. The van der Waals surface area contributed by atoms with Gasteiger partial charge < -0.3 is 15.4 Å². The molecule has 0 bridgehead atoms. The fourth-order valence-corrected chi connectivity index (χ4v) is 2.14. The lowest BCUT2D eigenvalue weighted by Crippen LogP contribution is -2.21. The molecular weight excluding hydrogens is 284 g/mol. The highest BCUT2D eigenvalue weighted by Crippen LogP contribution is 2.22. The average Bonchev–Trinajstić information content (AvgIpc) is 2.87. The molecule has 0 atom stereocenters. The van der Waals surface area contributed by atoms with E-state index in [0.717, 1.165) is 5.56 Å². The van der Waals surface area contributed by atoms with E-state index in [0.29, 0.717) is 17.0 Å². The summed E-state index contributed by atoms with van der Waals surface area (Å²) in [6, 6.07) is 5.22. The summed E-state index contributed by atoms with van der Waals surface area (Å²) >= 11 is 0. The van der Waals surface area contributed by atoms with Crippen LogP contribution in [0.1, 0.15) is 26.4 Å². The van der Waals surface area contributed by atoms with Gasteiger partial charge in [0.1, 0.15) is 5.75 Å². The van der Waals surface area contributed by atoms with Crippen LogP contribution in [0.4, 0.5) is 5.69 Å². The topological polar surface area (TPSA) is 85.3 Å². The van der Waals surface area contributed by atoms with Gasteiger partial charge in [0.15, 0.2) is 5.69 Å². The summed E-state index contributed by atoms with van der Waals surface area (Å²) in [5, 5.41) is 9.26. The monoisotopic (exact) mass is 302 g/mol. The number of carbonyl (C=O) groups excluding carboxylic acids is 2. The Morgan fingerprint density at radius 1 is 1.27 bits per heavy atom. The number of carbonyl (C=O) groups is 2. The van der Waals surface area contributed by atoms with Gasteiger partial charge in [0.05, 0.1) is 12.8 Å². The van der Waals surface area contributed by atoms with Crippen molar-refractivity contribution in [1.29, 1.82) is 0 Å². The SMILES string of the molecule is CNC(=O)c1nn(C)cc1NC(=O)c1cccc(OC)c1C. The molecule has 2 rings (SSSR count). The summed E-state index contributed by atoms with van der Waals surface area (Å²) in [7, 11) is 4.74. The number of aromatic nitrogens is 2. The Kier molecular flexibility index (Phi) is 4.45. The minimum absolute atomic E-state index is 0.166. The molecule has 2 aromatic rings. The van der Waals surface area contributed by atoms with Crippen molar-refractivity contribution >= 4 is 17.5 Å². The number of aryl methyl sites for hydroxylation is 1. The zero-order valence-corrected chi connectivity index (χ0v) is 12.9. The second-order valence-corrected chi connectivity index (χ2v) is 4.73. The van der Waals surface area contributed by atoms with E-state index in [9.17, 15) is 9.59 Å². The number of amides is 2. The molecule has 1 aromatic heterocycles. The van der Waals surface area contributed by atoms with E-state index in [1.54, 1.807) is 45.5 Å². The van der Waals surface area contributed by atoms with E-state index >= 15 is 0 Å². The third kappa shape index (κ3) is 2.93. The molecule has 0 spiro atoms. The molecule has 2 amide bonds. The fraction of sp³-hybridized carbons (Fsp3) is 0.267. The number of hydrogen-bond acceptors (Lipinski definition) is 4. The van der Waals surface area contributed by atoms with Crippen LogP contribution in [0.5, 0.6) is 5.75 Å². The van der Waals surface area contributed by atoms with Crippen molar-refractivity contribution in [1.82, 2.24) is 15.1 Å². The highest BCUT2D eigenvalue weighted by molar-refractivity contribution is 6.09. The molecule has 7 heteroatoms. The van der Waals surface area contributed by atoms with Crippen LogP contribution in [-0.4, -0.2) is 35.8 Å². The molecule has 1 aromatic carbocycles. The zero-order valence-electron chi connectivity index (χ0n) is 12.9. The Labute approximate surface area is 128 Å². The number of nitrogens with zero attached hydrogens (tertiary/aromatic N) is 2. The van der Waals surface area contributed by atoms with Gasteiger partial charge in [-0.15, -0.1) is 0 Å². The smallest absolute Gasteiger partial charge is 0.273 e. The van der Waals surface area contributed by atoms with Gasteiger partial charge in [-0.05, 0) is 19.1 Å². The van der Waals surface area contributed by atoms with Crippen LogP contribution >= 0.6 is 0 Å². The predicted molar refractivity (Wildman–Crippen MR) is 82.3 cm³/mol. The van der Waals surface area contributed by atoms with E-state index in [4.69, 9.17) is 4.74 Å². The molecule has 116 valence electrons. The Morgan fingerprint density at radius 2 is 2.00 bits per heavy atom. The number of ether oxygens (including phenoxy) is 1. The number of anilines is 1. The summed E-state index contributed by atoms with van der Waals surface area (Å²) < 4.78 is 6.68. The molecule has 0 radical (unpaired) electrons. The molecule has 0 aliphatic rings. The largest absolute Gasteiger partial charge is 0.496 e. The van der Waals surface area contributed by atoms with Crippen LogP contribution in [0, 0.1) is 6.92 Å². The maximum absolute atomic E-state index is 12.4. The molecule has 0 aliphatic heterocycles. The molecule has 0 saturated heterocycles. The molecule has 22 heavy (non-hydrogen) atoms. The normalized spacial score (nSPS) is 10.2. The van der Waals surface area contributed by atoms with Gasteiger partial charge in [-0.1, -0.05) is 6.07 Å². The summed E-state index contributed by atoms with van der Waals surface area (Å²) in [5.41, 5.74) is 1.73. The van der Waals surface area contributed by atoms with Gasteiger partial charge in [0.2, 0.25) is 0 Å². The molecule has 0 fully saturated rings. The number of hydrogen-bond donors (Lipinski definition) is 2. The molecule has 1 heterocycles. The predicted octanol–water partition coefficient (Wildman–Crippen LogP) is 1.35. The summed E-state index contributed by atoms with van der Waals surface area (Å²) in [6.45, 7) is 1.80. The van der Waals surface area contributed by atoms with Crippen molar-refractivity contribution in [2.45, 2.75) is 6.92 Å². The van der Waals surface area contributed by atoms with Gasteiger partial charge in [-0.3, -0.25) is 14.3 Å². The van der Waals surface area contributed by atoms with E-state index in [1.807, 2.05) is 0 Å². The van der Waals surface area contributed by atoms with Gasteiger partial charge in [-0.2, -0.15) is 5.10 Å². The molecule has 0 unspecified atom stereocenters. The standard InChI is InChI=1S/C15H18N4O3/c1-9-10(6-5-7-12(9)22-4)14(20)17-11-8-19(3)18-13(11)15(21)16-2/h5-8H,1-4H3,(H,16,21)(H,17,20). The average molecular weight is 302 g/mol. The Hall–Kier alpha value is -2.83. The summed E-state index contributed by atoms with van der Waals surface area (Å²) in [6.07, 6.45) is 1.58. The molecule has 7 nitrogen and oxygen atoms in total. The lowest BCUT2D eigenvalue weighted by molar-refractivity contribution is 0.0958. The number of nitrogens with one attached hydrogen (secondary N) is 2. The second kappa shape index (κ2) is 6.30. The van der Waals surface area contributed by atoms with Gasteiger partial charge in [-0.25, -0.2) is 0 Å². The highest BCUT2D eigenvalue weighted by Gasteiger charge is 2.19. The first-order valence-electron chi connectivity index (χ1n) is 6.68. The Morgan fingerprint density at radius 3 is 2.64 bits per heavy atom. The van der Waals surface area contributed by atoms with E-state index in [-0.39, 0.29) is 17.5 Å². The van der Waals surface area contributed by atoms with Crippen molar-refractivity contribution in [3.8, 4) is 5.75 Å². The summed E-state index contributed by atoms with van der Waals surface area (Å²) in [4.78, 5) is 24.2. The lowest BCUT2D eigenvalue weighted by atomic mass is 10.1. The van der Waals surface area contributed by atoms with E-state index < -0.39 is 0 Å². The third-order valence-electron chi connectivity index (χ3n) is 3.27. The maximum Gasteiger partial charge on any atom is 0.273 e. The van der Waals surface area contributed by atoms with Crippen LogP contribution in [0.15, 0.2) is 24.4 Å². The number of benzene rings is 1. The number of methoxy groups -OCH3 is 1. The molecule has 0 saturated carbocycles. The van der Waals surface area contributed by atoms with Crippen molar-refractivity contribution in [3.63, 3.8) is 0 Å². The molecule has 2 N–H and O–H groups in total. The van der Waals surface area contributed by atoms with Crippen molar-refractivity contribution in [3.05, 3.63) is 41.2 Å². The maximum atomic E-state index is 12.4. The van der Waals surface area contributed by atoms with E-state index in [2.05, 4.69) is 15.7 Å². The quantitative estimate of drug-likeness (QED) is 0.892. The van der Waals surface area contributed by atoms with E-state index in [1.165, 1.54) is 11.7 Å². The molecular formula is C15H18N4O3. The fourth-order valence-electron chi connectivity index (χ4n) is 2.14.